The predicted molar refractivity (Wildman–Crippen MR) is 70.1 cm³/mol. The Morgan fingerprint density at radius 3 is 2.58 bits per heavy atom. The first-order chi connectivity index (χ1) is 8.97. The highest BCUT2D eigenvalue weighted by Crippen LogP contribution is 2.21. The number of nitrogens with zero attached hydrogens (tertiary/aromatic N) is 1. The fraction of sp³-hybridized carbons (Fsp3) is 0.429. The smallest absolute Gasteiger partial charge is 0.229 e. The van der Waals surface area contributed by atoms with Gasteiger partial charge in [0.1, 0.15) is 5.82 Å². The highest BCUT2D eigenvalue weighted by Gasteiger charge is 2.31. The van der Waals surface area contributed by atoms with Crippen LogP contribution in [0.2, 0.25) is 0 Å². The van der Waals surface area contributed by atoms with Gasteiger partial charge in [0.2, 0.25) is 11.8 Å². The quantitative estimate of drug-likeness (QED) is 0.903. The molecule has 1 atom stereocenters. The topological polar surface area (TPSA) is 49.4 Å². The SMILES string of the molecule is CC(C)C(=O)N[C@H]1CC(=O)N(c2ccc(F)cc2)C1. The molecule has 0 aliphatic carbocycles. The molecule has 4 nitrogen and oxygen atoms in total. The molecule has 0 spiro atoms. The summed E-state index contributed by atoms with van der Waals surface area (Å²) < 4.78 is 12.8. The summed E-state index contributed by atoms with van der Waals surface area (Å²) in [6.45, 7) is 4.05. The summed E-state index contributed by atoms with van der Waals surface area (Å²) in [4.78, 5) is 25.1. The van der Waals surface area contributed by atoms with Gasteiger partial charge in [0.05, 0.1) is 6.04 Å². The third kappa shape index (κ3) is 3.10. The summed E-state index contributed by atoms with van der Waals surface area (Å²) in [6.07, 6.45) is 0.288. The van der Waals surface area contributed by atoms with E-state index in [-0.39, 0.29) is 36.0 Å². The number of carbonyl (C=O) groups is 2. The first-order valence-corrected chi connectivity index (χ1v) is 6.33. The van der Waals surface area contributed by atoms with Crippen LogP contribution in [0.1, 0.15) is 20.3 Å². The fourth-order valence-corrected chi connectivity index (χ4v) is 2.04. The maximum absolute atomic E-state index is 12.8. The number of rotatable bonds is 3. The van der Waals surface area contributed by atoms with E-state index in [4.69, 9.17) is 0 Å². The van der Waals surface area contributed by atoms with Crippen LogP contribution >= 0.6 is 0 Å². The van der Waals surface area contributed by atoms with E-state index in [0.717, 1.165) is 0 Å². The van der Waals surface area contributed by atoms with Crippen molar-refractivity contribution in [3.63, 3.8) is 0 Å². The molecule has 1 aliphatic rings. The largest absolute Gasteiger partial charge is 0.351 e. The molecule has 1 fully saturated rings. The van der Waals surface area contributed by atoms with Crippen molar-refractivity contribution < 1.29 is 14.0 Å². The standard InChI is InChI=1S/C14H17FN2O2/c1-9(2)14(19)16-11-7-13(18)17(8-11)12-5-3-10(15)4-6-12/h3-6,9,11H,7-8H2,1-2H3,(H,16,19)/t11-/m0/s1. The second-order valence-electron chi connectivity index (χ2n) is 5.05. The van der Waals surface area contributed by atoms with Crippen LogP contribution in [0.5, 0.6) is 0 Å². The van der Waals surface area contributed by atoms with E-state index in [1.54, 1.807) is 17.0 Å². The number of halogens is 1. The normalized spacial score (nSPS) is 19.1. The number of carbonyl (C=O) groups excluding carboxylic acids is 2. The van der Waals surface area contributed by atoms with Crippen molar-refractivity contribution in [2.75, 3.05) is 11.4 Å². The molecule has 102 valence electrons. The lowest BCUT2D eigenvalue weighted by molar-refractivity contribution is -0.124. The van der Waals surface area contributed by atoms with E-state index in [9.17, 15) is 14.0 Å². The minimum atomic E-state index is -0.333. The molecule has 0 radical (unpaired) electrons. The molecule has 2 rings (SSSR count). The zero-order valence-electron chi connectivity index (χ0n) is 11.0. The Morgan fingerprint density at radius 1 is 1.37 bits per heavy atom. The molecular weight excluding hydrogens is 247 g/mol. The Labute approximate surface area is 111 Å². The predicted octanol–water partition coefficient (Wildman–Crippen LogP) is 1.70. The maximum atomic E-state index is 12.8. The van der Waals surface area contributed by atoms with Crippen molar-refractivity contribution in [2.24, 2.45) is 5.92 Å². The minimum Gasteiger partial charge on any atom is -0.351 e. The third-order valence-corrected chi connectivity index (χ3v) is 3.13. The van der Waals surface area contributed by atoms with Gasteiger partial charge < -0.3 is 10.2 Å². The van der Waals surface area contributed by atoms with Crippen LogP contribution in [0.4, 0.5) is 10.1 Å². The maximum Gasteiger partial charge on any atom is 0.229 e. The summed E-state index contributed by atoms with van der Waals surface area (Å²) in [7, 11) is 0. The van der Waals surface area contributed by atoms with Crippen molar-refractivity contribution in [1.29, 1.82) is 0 Å². The number of hydrogen-bond donors (Lipinski definition) is 1. The molecule has 1 heterocycles. The Hall–Kier alpha value is -1.91. The van der Waals surface area contributed by atoms with E-state index in [1.807, 2.05) is 13.8 Å². The highest BCUT2D eigenvalue weighted by atomic mass is 19.1. The Bertz CT molecular complexity index is 485. The van der Waals surface area contributed by atoms with Crippen LogP contribution < -0.4 is 10.2 Å². The average Bonchev–Trinajstić information content (AvgIpc) is 2.71. The lowest BCUT2D eigenvalue weighted by atomic mass is 10.2. The average molecular weight is 264 g/mol. The summed E-state index contributed by atoms with van der Waals surface area (Å²) in [6, 6.07) is 5.61. The first kappa shape index (κ1) is 13.5. The Kier molecular flexibility index (Phi) is 3.83. The molecule has 0 aromatic heterocycles. The number of benzene rings is 1. The Balaban J connectivity index is 2.03. The van der Waals surface area contributed by atoms with Gasteiger partial charge in [-0.15, -0.1) is 0 Å². The third-order valence-electron chi connectivity index (χ3n) is 3.13. The van der Waals surface area contributed by atoms with Crippen molar-refractivity contribution >= 4 is 17.5 Å². The van der Waals surface area contributed by atoms with Gasteiger partial charge >= 0.3 is 0 Å². The van der Waals surface area contributed by atoms with Crippen molar-refractivity contribution in [3.05, 3.63) is 30.1 Å². The molecule has 1 aromatic carbocycles. The summed E-state index contributed by atoms with van der Waals surface area (Å²) in [5.41, 5.74) is 0.660. The van der Waals surface area contributed by atoms with E-state index in [1.165, 1.54) is 12.1 Å². The first-order valence-electron chi connectivity index (χ1n) is 6.33. The molecule has 2 amide bonds. The van der Waals surface area contributed by atoms with E-state index in [2.05, 4.69) is 5.32 Å². The van der Waals surface area contributed by atoms with Gasteiger partial charge in [-0.3, -0.25) is 9.59 Å². The van der Waals surface area contributed by atoms with Crippen molar-refractivity contribution in [2.45, 2.75) is 26.3 Å². The van der Waals surface area contributed by atoms with E-state index >= 15 is 0 Å². The monoisotopic (exact) mass is 264 g/mol. The molecule has 0 saturated carbocycles. The lowest BCUT2D eigenvalue weighted by Crippen LogP contribution is -2.39. The van der Waals surface area contributed by atoms with E-state index in [0.29, 0.717) is 12.2 Å². The van der Waals surface area contributed by atoms with Crippen LogP contribution in [0.15, 0.2) is 24.3 Å². The molecule has 0 unspecified atom stereocenters. The van der Waals surface area contributed by atoms with Crippen LogP contribution in [0.3, 0.4) is 0 Å². The van der Waals surface area contributed by atoms with Gasteiger partial charge in [-0.2, -0.15) is 0 Å². The number of anilines is 1. The molecule has 0 bridgehead atoms. The van der Waals surface area contributed by atoms with Gasteiger partial charge in [0, 0.05) is 24.6 Å². The van der Waals surface area contributed by atoms with Gasteiger partial charge in [0.25, 0.3) is 0 Å². The van der Waals surface area contributed by atoms with Crippen LogP contribution in [-0.2, 0) is 9.59 Å². The second kappa shape index (κ2) is 5.38. The van der Waals surface area contributed by atoms with Crippen LogP contribution in [0, 0.1) is 11.7 Å². The summed E-state index contributed by atoms with van der Waals surface area (Å²) >= 11 is 0. The van der Waals surface area contributed by atoms with Gasteiger partial charge in [-0.25, -0.2) is 4.39 Å². The number of hydrogen-bond acceptors (Lipinski definition) is 2. The number of nitrogens with one attached hydrogen (secondary N) is 1. The van der Waals surface area contributed by atoms with E-state index < -0.39 is 0 Å². The molecule has 5 heteroatoms. The molecule has 1 aliphatic heterocycles. The van der Waals surface area contributed by atoms with Crippen LogP contribution in [0.25, 0.3) is 0 Å². The summed E-state index contributed by atoms with van der Waals surface area (Å²) in [5.74, 6) is -0.547. The highest BCUT2D eigenvalue weighted by molar-refractivity contribution is 5.96. The van der Waals surface area contributed by atoms with Gasteiger partial charge in [0.15, 0.2) is 0 Å². The molecule has 1 N–H and O–H groups in total. The van der Waals surface area contributed by atoms with Crippen LogP contribution in [-0.4, -0.2) is 24.4 Å². The van der Waals surface area contributed by atoms with Crippen molar-refractivity contribution in [1.82, 2.24) is 5.32 Å². The van der Waals surface area contributed by atoms with Crippen molar-refractivity contribution in [3.8, 4) is 0 Å². The molecule has 1 aromatic rings. The van der Waals surface area contributed by atoms with Gasteiger partial charge in [-0.05, 0) is 24.3 Å². The second-order valence-corrected chi connectivity index (χ2v) is 5.05. The number of amides is 2. The molecule has 19 heavy (non-hydrogen) atoms. The molecular formula is C14H17FN2O2. The Morgan fingerprint density at radius 2 is 2.00 bits per heavy atom. The fourth-order valence-electron chi connectivity index (χ4n) is 2.04. The lowest BCUT2D eigenvalue weighted by Gasteiger charge is -2.17. The summed E-state index contributed by atoms with van der Waals surface area (Å²) in [5, 5.41) is 2.84. The van der Waals surface area contributed by atoms with Gasteiger partial charge in [-0.1, -0.05) is 13.8 Å². The minimum absolute atomic E-state index is 0.0549. The molecule has 1 saturated heterocycles. The zero-order valence-corrected chi connectivity index (χ0v) is 11.0. The zero-order chi connectivity index (χ0) is 14.0.